The molecule has 2 nitrogen and oxygen atoms in total. The molecule has 0 aromatic carbocycles. The third kappa shape index (κ3) is 0.787. The number of likely N-dealkylation sites (N-methyl/N-ethyl adjacent to an activating group) is 1. The van der Waals surface area contributed by atoms with Gasteiger partial charge < -0.3 is 4.74 Å². The number of quaternary nitrogens is 1. The number of ether oxygens (including phenoxy) is 1. The molecule has 0 atom stereocenters. The minimum atomic E-state index is 0.858. The molecule has 1 aliphatic heterocycles. The van der Waals surface area contributed by atoms with Crippen LogP contribution < -0.4 is 0 Å². The van der Waals surface area contributed by atoms with Crippen molar-refractivity contribution in [3.63, 3.8) is 0 Å². The van der Waals surface area contributed by atoms with E-state index < -0.39 is 0 Å². The van der Waals surface area contributed by atoms with Gasteiger partial charge in [0, 0.05) is 11.1 Å². The van der Waals surface area contributed by atoms with Crippen molar-refractivity contribution in [3.05, 3.63) is 22.6 Å². The van der Waals surface area contributed by atoms with Gasteiger partial charge in [0.25, 0.3) is 0 Å². The predicted molar refractivity (Wildman–Crippen MR) is 48.3 cm³/mol. The van der Waals surface area contributed by atoms with Crippen LogP contribution >= 0.6 is 0 Å². The second kappa shape index (κ2) is 2.13. The van der Waals surface area contributed by atoms with Gasteiger partial charge in [-0.15, -0.1) is 0 Å². The van der Waals surface area contributed by atoms with Gasteiger partial charge in [-0.3, -0.25) is 4.48 Å². The molecule has 66 valence electrons. The summed E-state index contributed by atoms with van der Waals surface area (Å²) in [6.07, 6.45) is 0. The molecule has 0 aromatic rings. The van der Waals surface area contributed by atoms with E-state index in [4.69, 9.17) is 4.74 Å². The molecule has 0 N–H and O–H groups in total. The predicted octanol–water partition coefficient (Wildman–Crippen LogP) is 1.65. The fourth-order valence-corrected chi connectivity index (χ4v) is 2.03. The van der Waals surface area contributed by atoms with Gasteiger partial charge in [-0.05, 0) is 13.8 Å². The minimum absolute atomic E-state index is 0.858. The van der Waals surface area contributed by atoms with Crippen molar-refractivity contribution in [3.8, 4) is 0 Å². The lowest BCUT2D eigenvalue weighted by molar-refractivity contribution is -0.856. The number of allylic oxidation sites excluding steroid dienone is 2. The quantitative estimate of drug-likeness (QED) is 0.497. The highest BCUT2D eigenvalue weighted by Gasteiger charge is 2.40. The average molecular weight is 166 g/mol. The number of hydrogen-bond acceptors (Lipinski definition) is 1. The summed E-state index contributed by atoms with van der Waals surface area (Å²) in [5.41, 5.74) is 4.17. The van der Waals surface area contributed by atoms with Crippen LogP contribution in [0.1, 0.15) is 13.8 Å². The van der Waals surface area contributed by atoms with Crippen molar-refractivity contribution in [1.82, 2.24) is 0 Å². The van der Waals surface area contributed by atoms with E-state index in [0.717, 1.165) is 23.4 Å². The first-order valence-corrected chi connectivity index (χ1v) is 4.43. The van der Waals surface area contributed by atoms with Crippen LogP contribution in [0.25, 0.3) is 0 Å². The van der Waals surface area contributed by atoms with E-state index in [1.165, 1.54) is 16.8 Å². The third-order valence-electron chi connectivity index (χ3n) is 2.98. The first-order valence-electron chi connectivity index (χ1n) is 4.43. The van der Waals surface area contributed by atoms with Crippen molar-refractivity contribution in [2.75, 3.05) is 27.2 Å². The molecule has 1 aliphatic carbocycles. The standard InChI is InChI=1S/C10H16NO/c1-7-8(2)10-9(7)11(3,4)5-6-12-10/h5-6H2,1-4H3/q+1. The van der Waals surface area contributed by atoms with E-state index in [9.17, 15) is 0 Å². The summed E-state index contributed by atoms with van der Waals surface area (Å²) in [5.74, 6) is 1.16. The van der Waals surface area contributed by atoms with Crippen molar-refractivity contribution >= 4 is 0 Å². The summed E-state index contributed by atoms with van der Waals surface area (Å²) in [4.78, 5) is 0. The highest BCUT2D eigenvalue weighted by molar-refractivity contribution is 5.52. The molecule has 0 saturated carbocycles. The maximum Gasteiger partial charge on any atom is 0.183 e. The summed E-state index contributed by atoms with van der Waals surface area (Å²) >= 11 is 0. The SMILES string of the molecule is CC1=C(C)C2=C1OCC[N+]2(C)C. The van der Waals surface area contributed by atoms with E-state index in [-0.39, 0.29) is 0 Å². The van der Waals surface area contributed by atoms with Gasteiger partial charge in [0.1, 0.15) is 13.2 Å². The Hall–Kier alpha value is -0.760. The van der Waals surface area contributed by atoms with Crippen molar-refractivity contribution in [2.45, 2.75) is 13.8 Å². The third-order valence-corrected chi connectivity index (χ3v) is 2.98. The Morgan fingerprint density at radius 1 is 1.17 bits per heavy atom. The zero-order chi connectivity index (χ0) is 8.93. The second-order valence-corrected chi connectivity index (χ2v) is 4.18. The van der Waals surface area contributed by atoms with Crippen molar-refractivity contribution < 1.29 is 9.22 Å². The molecule has 2 aliphatic rings. The van der Waals surface area contributed by atoms with Crippen LogP contribution in [0.2, 0.25) is 0 Å². The monoisotopic (exact) mass is 166 g/mol. The van der Waals surface area contributed by atoms with Crippen molar-refractivity contribution in [2.24, 2.45) is 0 Å². The summed E-state index contributed by atoms with van der Waals surface area (Å²) in [6.45, 7) is 6.27. The molecule has 1 heterocycles. The van der Waals surface area contributed by atoms with Gasteiger partial charge >= 0.3 is 0 Å². The number of hydrogen-bond donors (Lipinski definition) is 0. The fourth-order valence-electron chi connectivity index (χ4n) is 2.03. The highest BCUT2D eigenvalue weighted by Crippen LogP contribution is 2.41. The summed E-state index contributed by atoms with van der Waals surface area (Å²) in [5, 5.41) is 0. The van der Waals surface area contributed by atoms with Crippen LogP contribution in [0.4, 0.5) is 0 Å². The van der Waals surface area contributed by atoms with Gasteiger partial charge in [0.05, 0.1) is 14.1 Å². The van der Waals surface area contributed by atoms with Crippen LogP contribution in [0.3, 0.4) is 0 Å². The van der Waals surface area contributed by atoms with Gasteiger partial charge in [0.2, 0.25) is 0 Å². The van der Waals surface area contributed by atoms with Crippen LogP contribution in [-0.4, -0.2) is 31.7 Å². The van der Waals surface area contributed by atoms with Crippen LogP contribution in [0.5, 0.6) is 0 Å². The minimum Gasteiger partial charge on any atom is -0.481 e. The molecular formula is C10H16NO+. The lowest BCUT2D eigenvalue weighted by Gasteiger charge is -2.42. The van der Waals surface area contributed by atoms with Gasteiger partial charge in [-0.2, -0.15) is 0 Å². The maximum absolute atomic E-state index is 5.60. The highest BCUT2D eigenvalue weighted by atomic mass is 16.5. The van der Waals surface area contributed by atoms with Crippen LogP contribution in [0, 0.1) is 0 Å². The normalized spacial score (nSPS) is 26.3. The van der Waals surface area contributed by atoms with E-state index in [0.29, 0.717) is 0 Å². The summed E-state index contributed by atoms with van der Waals surface area (Å²) in [7, 11) is 4.49. The molecule has 0 radical (unpaired) electrons. The van der Waals surface area contributed by atoms with E-state index in [1.54, 1.807) is 0 Å². The molecule has 2 rings (SSSR count). The van der Waals surface area contributed by atoms with Gasteiger partial charge in [0.15, 0.2) is 11.5 Å². The lowest BCUT2D eigenvalue weighted by Crippen LogP contribution is -2.48. The number of nitrogens with zero attached hydrogens (tertiary/aromatic N) is 1. The first-order chi connectivity index (χ1) is 5.54. The molecule has 0 aromatic heterocycles. The van der Waals surface area contributed by atoms with Gasteiger partial charge in [-0.25, -0.2) is 0 Å². The first kappa shape index (κ1) is 7.87. The molecule has 0 amide bonds. The second-order valence-electron chi connectivity index (χ2n) is 4.18. The summed E-state index contributed by atoms with van der Waals surface area (Å²) in [6, 6.07) is 0. The Morgan fingerprint density at radius 2 is 1.83 bits per heavy atom. The van der Waals surface area contributed by atoms with Crippen molar-refractivity contribution in [1.29, 1.82) is 0 Å². The largest absolute Gasteiger partial charge is 0.481 e. The Labute approximate surface area is 73.7 Å². The molecule has 0 unspecified atom stereocenters. The molecule has 0 fully saturated rings. The van der Waals surface area contributed by atoms with E-state index in [1.807, 2.05) is 0 Å². The van der Waals surface area contributed by atoms with Crippen LogP contribution in [-0.2, 0) is 4.74 Å². The molecule has 0 saturated heterocycles. The molecule has 0 spiro atoms. The number of rotatable bonds is 0. The topological polar surface area (TPSA) is 9.23 Å². The average Bonchev–Trinajstić information content (AvgIpc) is 2.01. The Bertz CT molecular complexity index is 297. The zero-order valence-corrected chi connectivity index (χ0v) is 8.27. The zero-order valence-electron chi connectivity index (χ0n) is 8.27. The Morgan fingerprint density at radius 3 is 2.42 bits per heavy atom. The van der Waals surface area contributed by atoms with E-state index in [2.05, 4.69) is 27.9 Å². The molecule has 0 bridgehead atoms. The fraction of sp³-hybridized carbons (Fsp3) is 0.600. The molecular weight excluding hydrogens is 150 g/mol. The van der Waals surface area contributed by atoms with E-state index >= 15 is 0 Å². The van der Waals surface area contributed by atoms with Gasteiger partial charge in [-0.1, -0.05) is 0 Å². The smallest absolute Gasteiger partial charge is 0.183 e. The Balaban J connectivity index is 2.39. The maximum atomic E-state index is 5.60. The molecule has 12 heavy (non-hydrogen) atoms. The summed E-state index contributed by atoms with van der Waals surface area (Å²) < 4.78 is 6.59. The lowest BCUT2D eigenvalue weighted by atomic mass is 9.91. The van der Waals surface area contributed by atoms with Crippen LogP contribution in [0.15, 0.2) is 22.6 Å². The molecule has 2 heteroatoms. The Kier molecular flexibility index (Phi) is 1.40.